The van der Waals surface area contributed by atoms with E-state index < -0.39 is 11.6 Å². The Morgan fingerprint density at radius 1 is 1.33 bits per heavy atom. The van der Waals surface area contributed by atoms with E-state index in [0.29, 0.717) is 25.1 Å². The van der Waals surface area contributed by atoms with Gasteiger partial charge in [-0.05, 0) is 17.7 Å². The van der Waals surface area contributed by atoms with Crippen molar-refractivity contribution in [2.75, 3.05) is 6.61 Å². The maximum absolute atomic E-state index is 13.3. The van der Waals surface area contributed by atoms with Crippen LogP contribution in [0.25, 0.3) is 0 Å². The first-order valence-electron chi connectivity index (χ1n) is 6.86. The molecule has 1 aromatic heterocycles. The lowest BCUT2D eigenvalue weighted by Gasteiger charge is -2.34. The van der Waals surface area contributed by atoms with Gasteiger partial charge in [-0.1, -0.05) is 6.07 Å². The number of aliphatic hydroxyl groups excluding tert-OH is 1. The number of hydrogen-bond acceptors (Lipinski definition) is 3. The molecule has 0 radical (unpaired) electrons. The Kier molecular flexibility index (Phi) is 3.73. The van der Waals surface area contributed by atoms with Gasteiger partial charge in [0.25, 0.3) is 0 Å². The molecule has 0 aliphatic carbocycles. The van der Waals surface area contributed by atoms with Crippen molar-refractivity contribution >= 4 is 0 Å². The quantitative estimate of drug-likeness (QED) is 0.935. The highest BCUT2D eigenvalue weighted by Crippen LogP contribution is 2.24. The van der Waals surface area contributed by atoms with E-state index >= 15 is 0 Å². The lowest BCUT2D eigenvalue weighted by atomic mass is 10.0. The molecule has 2 aromatic rings. The normalized spacial score (nSPS) is 18.8. The second-order valence-corrected chi connectivity index (χ2v) is 5.44. The van der Waals surface area contributed by atoms with Crippen molar-refractivity contribution in [2.45, 2.75) is 25.6 Å². The molecule has 4 nitrogen and oxygen atoms in total. The van der Waals surface area contributed by atoms with Gasteiger partial charge in [-0.3, -0.25) is 4.90 Å². The molecule has 0 bridgehead atoms. The third-order valence-corrected chi connectivity index (χ3v) is 4.02. The van der Waals surface area contributed by atoms with E-state index in [1.165, 1.54) is 6.07 Å². The number of fused-ring (bicyclic) bond motifs is 1. The van der Waals surface area contributed by atoms with Gasteiger partial charge in [-0.25, -0.2) is 13.8 Å². The summed E-state index contributed by atoms with van der Waals surface area (Å²) in [4.78, 5) is 6.40. The van der Waals surface area contributed by atoms with Crippen molar-refractivity contribution in [3.05, 3.63) is 53.1 Å². The smallest absolute Gasteiger partial charge is 0.159 e. The van der Waals surface area contributed by atoms with E-state index in [9.17, 15) is 13.9 Å². The summed E-state index contributed by atoms with van der Waals surface area (Å²) in [5.74, 6) is -1.69. The molecule has 1 atom stereocenters. The van der Waals surface area contributed by atoms with Gasteiger partial charge in [-0.2, -0.15) is 0 Å². The van der Waals surface area contributed by atoms with E-state index in [0.717, 1.165) is 17.5 Å². The van der Waals surface area contributed by atoms with Crippen LogP contribution in [0.15, 0.2) is 24.5 Å². The third kappa shape index (κ3) is 2.69. The summed E-state index contributed by atoms with van der Waals surface area (Å²) in [6.45, 7) is 1.08. The van der Waals surface area contributed by atoms with E-state index in [2.05, 4.69) is 4.98 Å². The number of aromatic nitrogens is 2. The van der Waals surface area contributed by atoms with Crippen LogP contribution in [0.4, 0.5) is 8.78 Å². The predicted octanol–water partition coefficient (Wildman–Crippen LogP) is 1.62. The maximum Gasteiger partial charge on any atom is 0.159 e. The number of imidazole rings is 1. The molecule has 0 fully saturated rings. The van der Waals surface area contributed by atoms with Crippen molar-refractivity contribution in [2.24, 2.45) is 7.05 Å². The fraction of sp³-hybridized carbons (Fsp3) is 0.400. The third-order valence-electron chi connectivity index (χ3n) is 4.02. The van der Waals surface area contributed by atoms with Gasteiger partial charge in [0.1, 0.15) is 0 Å². The van der Waals surface area contributed by atoms with Gasteiger partial charge in [0.2, 0.25) is 0 Å². The van der Waals surface area contributed by atoms with Crippen molar-refractivity contribution < 1.29 is 13.9 Å². The second-order valence-electron chi connectivity index (χ2n) is 5.44. The molecule has 3 rings (SSSR count). The Hall–Kier alpha value is -1.79. The molecule has 0 unspecified atom stereocenters. The first-order chi connectivity index (χ1) is 10.1. The highest BCUT2D eigenvalue weighted by Gasteiger charge is 2.28. The summed E-state index contributed by atoms with van der Waals surface area (Å²) in [5, 5.41) is 9.59. The number of hydrogen-bond donors (Lipinski definition) is 1. The summed E-state index contributed by atoms with van der Waals surface area (Å²) in [6.07, 6.45) is 2.46. The van der Waals surface area contributed by atoms with Crippen LogP contribution < -0.4 is 0 Å². The zero-order valence-corrected chi connectivity index (χ0v) is 11.8. The number of rotatable bonds is 3. The number of aryl methyl sites for hydroxylation is 1. The molecule has 21 heavy (non-hydrogen) atoms. The van der Waals surface area contributed by atoms with Gasteiger partial charge in [0.15, 0.2) is 11.6 Å². The van der Waals surface area contributed by atoms with Crippen LogP contribution in [0, 0.1) is 11.6 Å². The molecule has 2 heterocycles. The molecule has 1 N–H and O–H groups in total. The van der Waals surface area contributed by atoms with Gasteiger partial charge in [0, 0.05) is 38.3 Å². The monoisotopic (exact) mass is 293 g/mol. The molecule has 1 aromatic carbocycles. The fourth-order valence-corrected chi connectivity index (χ4v) is 2.81. The fourth-order valence-electron chi connectivity index (χ4n) is 2.81. The Labute approximate surface area is 121 Å². The van der Waals surface area contributed by atoms with Crippen LogP contribution in [0.3, 0.4) is 0 Å². The summed E-state index contributed by atoms with van der Waals surface area (Å²) in [7, 11) is 1.94. The highest BCUT2D eigenvalue weighted by atomic mass is 19.2. The summed E-state index contributed by atoms with van der Waals surface area (Å²) in [5.41, 5.74) is 2.78. The molecule has 0 saturated heterocycles. The molecule has 1 aliphatic heterocycles. The Morgan fingerprint density at radius 2 is 2.14 bits per heavy atom. The molecule has 0 spiro atoms. The molecule has 0 amide bonds. The molecule has 112 valence electrons. The number of halogens is 2. The average Bonchev–Trinajstić information content (AvgIpc) is 2.83. The Bertz CT molecular complexity index is 656. The van der Waals surface area contributed by atoms with Crippen molar-refractivity contribution in [3.8, 4) is 0 Å². The van der Waals surface area contributed by atoms with E-state index in [1.807, 2.05) is 16.5 Å². The van der Waals surface area contributed by atoms with Gasteiger partial charge in [0.05, 0.1) is 18.6 Å². The number of benzene rings is 1. The standard InChI is InChI=1S/C15H17F2N3O/c1-19-9-18-14-7-20(11(8-21)5-15(14)19)6-10-2-3-12(16)13(17)4-10/h2-4,9,11,21H,5-8H2,1H3/t11-/m1/s1. The van der Waals surface area contributed by atoms with Gasteiger partial charge in [-0.15, -0.1) is 0 Å². The van der Waals surface area contributed by atoms with Crippen LogP contribution in [0.1, 0.15) is 17.0 Å². The topological polar surface area (TPSA) is 41.3 Å². The maximum atomic E-state index is 13.3. The van der Waals surface area contributed by atoms with E-state index in [1.54, 1.807) is 12.4 Å². The second kappa shape index (κ2) is 5.54. The van der Waals surface area contributed by atoms with Crippen LogP contribution in [0.2, 0.25) is 0 Å². The SMILES string of the molecule is Cn1cnc2c1C[C@H](CO)N(Cc1ccc(F)c(F)c1)C2. The zero-order valence-electron chi connectivity index (χ0n) is 11.8. The lowest BCUT2D eigenvalue weighted by Crippen LogP contribution is -2.42. The van der Waals surface area contributed by atoms with Crippen LogP contribution >= 0.6 is 0 Å². The summed E-state index contributed by atoms with van der Waals surface area (Å²) < 4.78 is 28.2. The van der Waals surface area contributed by atoms with Crippen LogP contribution in [-0.4, -0.2) is 32.2 Å². The predicted molar refractivity (Wildman–Crippen MR) is 73.4 cm³/mol. The first-order valence-corrected chi connectivity index (χ1v) is 6.86. The van der Waals surface area contributed by atoms with E-state index in [4.69, 9.17) is 0 Å². The average molecular weight is 293 g/mol. The Morgan fingerprint density at radius 3 is 2.86 bits per heavy atom. The molecule has 0 saturated carbocycles. The minimum Gasteiger partial charge on any atom is -0.395 e. The Balaban J connectivity index is 1.82. The minimum absolute atomic E-state index is 0.0221. The van der Waals surface area contributed by atoms with Crippen molar-refractivity contribution in [3.63, 3.8) is 0 Å². The summed E-state index contributed by atoms with van der Waals surface area (Å²) in [6, 6.07) is 3.87. The molecular formula is C15H17F2N3O. The van der Waals surface area contributed by atoms with Gasteiger partial charge >= 0.3 is 0 Å². The highest BCUT2D eigenvalue weighted by molar-refractivity contribution is 5.21. The lowest BCUT2D eigenvalue weighted by molar-refractivity contribution is 0.0966. The van der Waals surface area contributed by atoms with E-state index in [-0.39, 0.29) is 12.6 Å². The largest absolute Gasteiger partial charge is 0.395 e. The molecule has 1 aliphatic rings. The first kappa shape index (κ1) is 14.2. The number of aliphatic hydroxyl groups is 1. The van der Waals surface area contributed by atoms with Crippen LogP contribution in [-0.2, 0) is 26.6 Å². The van der Waals surface area contributed by atoms with Crippen molar-refractivity contribution in [1.82, 2.24) is 14.5 Å². The van der Waals surface area contributed by atoms with Crippen LogP contribution in [0.5, 0.6) is 0 Å². The molecule has 6 heteroatoms. The zero-order chi connectivity index (χ0) is 15.0. The minimum atomic E-state index is -0.844. The number of nitrogens with zero attached hydrogens (tertiary/aromatic N) is 3. The van der Waals surface area contributed by atoms with Crippen molar-refractivity contribution in [1.29, 1.82) is 0 Å². The van der Waals surface area contributed by atoms with Gasteiger partial charge < -0.3 is 9.67 Å². The summed E-state index contributed by atoms with van der Waals surface area (Å²) >= 11 is 0. The molecular weight excluding hydrogens is 276 g/mol.